The van der Waals surface area contributed by atoms with Gasteiger partial charge < -0.3 is 19.2 Å². The molecule has 0 aliphatic carbocycles. The molecule has 3 heterocycles. The summed E-state index contributed by atoms with van der Waals surface area (Å²) in [6.07, 6.45) is 6.40. The van der Waals surface area contributed by atoms with E-state index in [-0.39, 0.29) is 0 Å². The lowest BCUT2D eigenvalue weighted by Crippen LogP contribution is -2.41. The van der Waals surface area contributed by atoms with Gasteiger partial charge in [-0.2, -0.15) is 0 Å². The van der Waals surface area contributed by atoms with Crippen LogP contribution in [0.3, 0.4) is 0 Å². The largest absolute Gasteiger partial charge is 0.497 e. The fraction of sp³-hybridized carbons (Fsp3) is 0.381. The van der Waals surface area contributed by atoms with Gasteiger partial charge in [-0.3, -0.25) is 4.90 Å². The molecule has 3 aromatic rings. The molecule has 0 amide bonds. The molecule has 6 heteroatoms. The second-order valence-corrected chi connectivity index (χ2v) is 7.00. The van der Waals surface area contributed by atoms with E-state index in [2.05, 4.69) is 31.9 Å². The molecule has 0 spiro atoms. The molecule has 1 aliphatic rings. The average Bonchev–Trinajstić information content (AvgIpc) is 3.11. The number of nitrogens with zero attached hydrogens (tertiary/aromatic N) is 3. The molecule has 1 saturated heterocycles. The number of nitrogens with one attached hydrogen (secondary N) is 1. The van der Waals surface area contributed by atoms with Crippen LogP contribution in [0.2, 0.25) is 0 Å². The first kappa shape index (κ1) is 17.7. The quantitative estimate of drug-likeness (QED) is 0.724. The molecule has 1 unspecified atom stereocenters. The highest BCUT2D eigenvalue weighted by Gasteiger charge is 2.21. The van der Waals surface area contributed by atoms with Crippen LogP contribution >= 0.6 is 0 Å². The minimum Gasteiger partial charge on any atom is -0.497 e. The van der Waals surface area contributed by atoms with Crippen LogP contribution in [0, 0.1) is 0 Å². The molecule has 1 aromatic carbocycles. The third-order valence-corrected chi connectivity index (χ3v) is 5.11. The third-order valence-electron chi connectivity index (χ3n) is 5.11. The Bertz CT molecular complexity index is 886. The number of hydrogen-bond acceptors (Lipinski definition) is 5. The topological polar surface area (TPSA) is 51.0 Å². The van der Waals surface area contributed by atoms with Crippen molar-refractivity contribution in [3.63, 3.8) is 0 Å². The van der Waals surface area contributed by atoms with Crippen LogP contribution in [0.5, 0.6) is 11.5 Å². The lowest BCUT2D eigenvalue weighted by Gasteiger charge is -2.33. The summed E-state index contributed by atoms with van der Waals surface area (Å²) in [6, 6.07) is 12.4. The van der Waals surface area contributed by atoms with E-state index < -0.39 is 0 Å². The Morgan fingerprint density at radius 1 is 1.15 bits per heavy atom. The Kier molecular flexibility index (Phi) is 5.16. The number of aromatic nitrogens is 2. The van der Waals surface area contributed by atoms with Crippen molar-refractivity contribution in [1.82, 2.24) is 14.3 Å². The monoisotopic (exact) mass is 366 g/mol. The van der Waals surface area contributed by atoms with Crippen molar-refractivity contribution >= 4 is 11.3 Å². The van der Waals surface area contributed by atoms with Crippen molar-refractivity contribution in [1.29, 1.82) is 0 Å². The van der Waals surface area contributed by atoms with Gasteiger partial charge in [-0.05, 0) is 31.5 Å². The van der Waals surface area contributed by atoms with E-state index >= 15 is 0 Å². The maximum Gasteiger partial charge on any atom is 0.136 e. The normalized spacial score (nSPS) is 17.8. The van der Waals surface area contributed by atoms with Gasteiger partial charge in [0.2, 0.25) is 0 Å². The molecular weight excluding hydrogens is 340 g/mol. The summed E-state index contributed by atoms with van der Waals surface area (Å²) in [4.78, 5) is 7.00. The van der Waals surface area contributed by atoms with E-state index in [1.165, 1.54) is 12.1 Å². The number of methoxy groups -OCH3 is 2. The van der Waals surface area contributed by atoms with Gasteiger partial charge in [0.15, 0.2) is 0 Å². The smallest absolute Gasteiger partial charge is 0.136 e. The van der Waals surface area contributed by atoms with Crippen molar-refractivity contribution < 1.29 is 9.47 Å². The second kappa shape index (κ2) is 7.88. The number of anilines is 1. The number of ether oxygens (including phenoxy) is 2. The van der Waals surface area contributed by atoms with Gasteiger partial charge in [0.25, 0.3) is 0 Å². The molecule has 0 bridgehead atoms. The lowest BCUT2D eigenvalue weighted by atomic mass is 10.0. The number of imidazole rings is 1. The fourth-order valence-electron chi connectivity index (χ4n) is 3.77. The Balaban J connectivity index is 1.44. The minimum absolute atomic E-state index is 0.398. The second-order valence-electron chi connectivity index (χ2n) is 7.00. The molecule has 4 rings (SSSR count). The van der Waals surface area contributed by atoms with Crippen molar-refractivity contribution in [2.45, 2.75) is 25.4 Å². The summed E-state index contributed by atoms with van der Waals surface area (Å²) < 4.78 is 12.9. The first-order valence-corrected chi connectivity index (χ1v) is 9.38. The number of benzene rings is 1. The molecule has 27 heavy (non-hydrogen) atoms. The van der Waals surface area contributed by atoms with Crippen LogP contribution in [0.15, 0.2) is 48.8 Å². The molecule has 1 N–H and O–H groups in total. The average molecular weight is 366 g/mol. The van der Waals surface area contributed by atoms with Gasteiger partial charge in [-0.1, -0.05) is 6.07 Å². The van der Waals surface area contributed by atoms with Crippen LogP contribution < -0.4 is 14.8 Å². The van der Waals surface area contributed by atoms with Crippen LogP contribution in [-0.4, -0.2) is 47.6 Å². The van der Waals surface area contributed by atoms with Crippen molar-refractivity contribution in [3.05, 3.63) is 54.5 Å². The number of pyridine rings is 1. The summed E-state index contributed by atoms with van der Waals surface area (Å²) in [6.45, 7) is 3.02. The van der Waals surface area contributed by atoms with Crippen molar-refractivity contribution in [3.8, 4) is 11.5 Å². The molecule has 1 atom stereocenters. The van der Waals surface area contributed by atoms with Gasteiger partial charge in [0, 0.05) is 49.2 Å². The highest BCUT2D eigenvalue weighted by Crippen LogP contribution is 2.27. The summed E-state index contributed by atoms with van der Waals surface area (Å²) >= 11 is 0. The van der Waals surface area contributed by atoms with Crippen LogP contribution in [0.1, 0.15) is 18.5 Å². The molecule has 142 valence electrons. The highest BCUT2D eigenvalue weighted by atomic mass is 16.5. The number of likely N-dealkylation sites (tertiary alicyclic amines) is 1. The molecule has 6 nitrogen and oxygen atoms in total. The molecule has 1 aliphatic heterocycles. The summed E-state index contributed by atoms with van der Waals surface area (Å²) in [7, 11) is 3.35. The molecular formula is C21H26N4O2. The molecule has 2 aromatic heterocycles. The SMILES string of the molecule is COc1cc(NC2CCCN(Cc3cnc4ccccn34)C2)cc(OC)c1. The third kappa shape index (κ3) is 4.01. The molecule has 0 saturated carbocycles. The van der Waals surface area contributed by atoms with E-state index in [0.29, 0.717) is 6.04 Å². The van der Waals surface area contributed by atoms with E-state index in [4.69, 9.17) is 9.47 Å². The number of piperidine rings is 1. The molecule has 1 fully saturated rings. The van der Waals surface area contributed by atoms with Gasteiger partial charge in [0.05, 0.1) is 26.1 Å². The Labute approximate surface area is 159 Å². The maximum atomic E-state index is 5.38. The first-order chi connectivity index (χ1) is 13.2. The lowest BCUT2D eigenvalue weighted by molar-refractivity contribution is 0.206. The van der Waals surface area contributed by atoms with E-state index in [1.54, 1.807) is 14.2 Å². The first-order valence-electron chi connectivity index (χ1n) is 9.38. The zero-order valence-electron chi connectivity index (χ0n) is 15.9. The number of fused-ring (bicyclic) bond motifs is 1. The highest BCUT2D eigenvalue weighted by molar-refractivity contribution is 5.54. The summed E-state index contributed by atoms with van der Waals surface area (Å²) in [5, 5.41) is 3.65. The summed E-state index contributed by atoms with van der Waals surface area (Å²) in [5.41, 5.74) is 3.27. The van der Waals surface area contributed by atoms with E-state index in [1.807, 2.05) is 36.5 Å². The summed E-state index contributed by atoms with van der Waals surface area (Å²) in [5.74, 6) is 1.60. The zero-order valence-corrected chi connectivity index (χ0v) is 15.9. The Hall–Kier alpha value is -2.73. The zero-order chi connectivity index (χ0) is 18.6. The van der Waals surface area contributed by atoms with Gasteiger partial charge in [-0.15, -0.1) is 0 Å². The standard InChI is InChI=1S/C21H26N4O2/c1-26-19-10-17(11-20(12-19)27-2)23-16-6-5-8-24(14-16)15-18-13-22-21-7-3-4-9-25(18)21/h3-4,7,9-13,16,23H,5-6,8,14-15H2,1-2H3. The molecule has 0 radical (unpaired) electrons. The fourth-order valence-corrected chi connectivity index (χ4v) is 3.77. The van der Waals surface area contributed by atoms with Gasteiger partial charge in [-0.25, -0.2) is 4.98 Å². The van der Waals surface area contributed by atoms with Gasteiger partial charge in [0.1, 0.15) is 17.1 Å². The number of hydrogen-bond donors (Lipinski definition) is 1. The minimum atomic E-state index is 0.398. The van der Waals surface area contributed by atoms with E-state index in [0.717, 1.165) is 48.9 Å². The van der Waals surface area contributed by atoms with Crippen molar-refractivity contribution in [2.24, 2.45) is 0 Å². The van der Waals surface area contributed by atoms with Crippen molar-refractivity contribution in [2.75, 3.05) is 32.6 Å². The van der Waals surface area contributed by atoms with Crippen LogP contribution in [0.4, 0.5) is 5.69 Å². The Morgan fingerprint density at radius 2 is 1.96 bits per heavy atom. The predicted molar refractivity (Wildman–Crippen MR) is 107 cm³/mol. The van der Waals surface area contributed by atoms with Crippen LogP contribution in [0.25, 0.3) is 5.65 Å². The number of rotatable bonds is 6. The predicted octanol–water partition coefficient (Wildman–Crippen LogP) is 3.43. The van der Waals surface area contributed by atoms with Crippen LogP contribution in [-0.2, 0) is 6.54 Å². The van der Waals surface area contributed by atoms with Gasteiger partial charge >= 0.3 is 0 Å². The van der Waals surface area contributed by atoms with E-state index in [9.17, 15) is 0 Å². The maximum absolute atomic E-state index is 5.38. The Morgan fingerprint density at radius 3 is 2.74 bits per heavy atom.